The number of benzene rings is 1. The van der Waals surface area contributed by atoms with Gasteiger partial charge in [-0.2, -0.15) is 0 Å². The second kappa shape index (κ2) is 5.87. The number of fused-ring (bicyclic) bond motifs is 1. The number of hydrogen-bond donors (Lipinski definition) is 1. The van der Waals surface area contributed by atoms with Gasteiger partial charge in [0.1, 0.15) is 11.6 Å². The maximum absolute atomic E-state index is 13.5. The van der Waals surface area contributed by atoms with Crippen molar-refractivity contribution in [2.45, 2.75) is 13.0 Å². The molecule has 0 radical (unpaired) electrons. The van der Waals surface area contributed by atoms with Crippen LogP contribution in [0.25, 0.3) is 10.2 Å². The Morgan fingerprint density at radius 3 is 2.62 bits per heavy atom. The minimum Gasteiger partial charge on any atom is -0.306 e. The zero-order valence-corrected chi connectivity index (χ0v) is 12.3. The molecule has 1 N–H and O–H groups in total. The van der Waals surface area contributed by atoms with Crippen LogP contribution in [0.5, 0.6) is 0 Å². The summed E-state index contributed by atoms with van der Waals surface area (Å²) in [5.74, 6) is -1.14. The molecule has 1 aromatic carbocycles. The topological polar surface area (TPSA) is 24.9 Å². The summed E-state index contributed by atoms with van der Waals surface area (Å²) >= 11 is 1.60. The summed E-state index contributed by atoms with van der Waals surface area (Å²) in [7, 11) is 0. The van der Waals surface area contributed by atoms with Gasteiger partial charge in [-0.25, -0.2) is 8.78 Å². The van der Waals surface area contributed by atoms with Gasteiger partial charge in [-0.1, -0.05) is 6.92 Å². The zero-order chi connectivity index (χ0) is 14.8. The maximum atomic E-state index is 13.5. The van der Waals surface area contributed by atoms with E-state index in [1.54, 1.807) is 17.5 Å². The molecule has 0 aliphatic rings. The van der Waals surface area contributed by atoms with Gasteiger partial charge in [0.25, 0.3) is 0 Å². The number of aromatic nitrogens is 1. The number of hydrogen-bond acceptors (Lipinski definition) is 3. The van der Waals surface area contributed by atoms with E-state index < -0.39 is 11.6 Å². The quantitative estimate of drug-likeness (QED) is 0.778. The van der Waals surface area contributed by atoms with Gasteiger partial charge in [0.15, 0.2) is 0 Å². The molecule has 0 fully saturated rings. The van der Waals surface area contributed by atoms with Crippen molar-refractivity contribution in [3.63, 3.8) is 0 Å². The van der Waals surface area contributed by atoms with Crippen LogP contribution < -0.4 is 5.32 Å². The molecule has 0 amide bonds. The monoisotopic (exact) mass is 304 g/mol. The van der Waals surface area contributed by atoms with E-state index in [1.807, 2.05) is 24.4 Å². The molecule has 0 aliphatic heterocycles. The lowest BCUT2D eigenvalue weighted by atomic mass is 9.99. The molecule has 21 heavy (non-hydrogen) atoms. The van der Waals surface area contributed by atoms with E-state index in [1.165, 1.54) is 12.1 Å². The lowest BCUT2D eigenvalue weighted by molar-refractivity contribution is 0.565. The Bertz CT molecular complexity index is 750. The van der Waals surface area contributed by atoms with Gasteiger partial charge in [-0.3, -0.25) is 4.98 Å². The molecule has 1 unspecified atom stereocenters. The fourth-order valence-corrected chi connectivity index (χ4v) is 3.18. The van der Waals surface area contributed by atoms with Crippen molar-refractivity contribution < 1.29 is 8.78 Å². The van der Waals surface area contributed by atoms with Gasteiger partial charge < -0.3 is 5.32 Å². The predicted octanol–water partition coefficient (Wildman–Crippen LogP) is 4.27. The maximum Gasteiger partial charge on any atom is 0.126 e. The number of nitrogens with one attached hydrogen (secondary N) is 1. The minimum atomic E-state index is -0.571. The molecule has 1 atom stereocenters. The number of thiophene rings is 1. The molecule has 3 aromatic rings. The van der Waals surface area contributed by atoms with Crippen LogP contribution in [-0.4, -0.2) is 11.5 Å². The highest BCUT2D eigenvalue weighted by molar-refractivity contribution is 7.17. The third-order valence-electron chi connectivity index (χ3n) is 3.28. The van der Waals surface area contributed by atoms with E-state index >= 15 is 0 Å². The Labute approximate surface area is 125 Å². The Balaban J connectivity index is 2.07. The highest BCUT2D eigenvalue weighted by Gasteiger charge is 2.16. The number of rotatable bonds is 4. The Kier molecular flexibility index (Phi) is 3.94. The molecule has 0 bridgehead atoms. The lowest BCUT2D eigenvalue weighted by Gasteiger charge is -2.19. The fraction of sp³-hybridized carbons (Fsp3) is 0.188. The van der Waals surface area contributed by atoms with E-state index in [2.05, 4.69) is 10.3 Å². The van der Waals surface area contributed by atoms with Crippen LogP contribution in [-0.2, 0) is 0 Å². The third-order valence-corrected chi connectivity index (χ3v) is 4.14. The smallest absolute Gasteiger partial charge is 0.126 e. The standard InChI is InChI=1S/C16H14F2N2S/c1-2-19-16(10-5-12(17)8-13(18)6-10)11-7-15-14(20-9-11)3-4-21-15/h3-9,16,19H,2H2,1H3. The largest absolute Gasteiger partial charge is 0.306 e. The van der Waals surface area contributed by atoms with Gasteiger partial charge in [-0.15, -0.1) is 11.3 Å². The van der Waals surface area contributed by atoms with Gasteiger partial charge in [0.05, 0.1) is 16.3 Å². The summed E-state index contributed by atoms with van der Waals surface area (Å²) in [4.78, 5) is 4.40. The number of pyridine rings is 1. The third kappa shape index (κ3) is 2.94. The number of halogens is 2. The van der Waals surface area contributed by atoms with E-state index in [0.29, 0.717) is 12.1 Å². The van der Waals surface area contributed by atoms with Gasteiger partial charge in [-0.05, 0) is 47.3 Å². The molecule has 0 spiro atoms. The molecule has 2 nitrogen and oxygen atoms in total. The van der Waals surface area contributed by atoms with Crippen molar-refractivity contribution in [1.29, 1.82) is 0 Å². The second-order valence-corrected chi connectivity index (χ2v) is 5.71. The van der Waals surface area contributed by atoms with Gasteiger partial charge in [0, 0.05) is 12.3 Å². The summed E-state index contributed by atoms with van der Waals surface area (Å²) in [6.45, 7) is 2.64. The van der Waals surface area contributed by atoms with Gasteiger partial charge in [0.2, 0.25) is 0 Å². The predicted molar refractivity (Wildman–Crippen MR) is 81.5 cm³/mol. The lowest BCUT2D eigenvalue weighted by Crippen LogP contribution is -2.22. The molecule has 2 aromatic heterocycles. The van der Waals surface area contributed by atoms with Crippen LogP contribution in [0.15, 0.2) is 41.9 Å². The first-order chi connectivity index (χ1) is 10.2. The SMILES string of the molecule is CCNC(c1cc(F)cc(F)c1)c1cnc2ccsc2c1. The van der Waals surface area contributed by atoms with Gasteiger partial charge >= 0.3 is 0 Å². The van der Waals surface area contributed by atoms with E-state index in [9.17, 15) is 8.78 Å². The van der Waals surface area contributed by atoms with Crippen molar-refractivity contribution in [1.82, 2.24) is 10.3 Å². The Morgan fingerprint density at radius 1 is 1.14 bits per heavy atom. The van der Waals surface area contributed by atoms with E-state index in [0.717, 1.165) is 21.8 Å². The van der Waals surface area contributed by atoms with Crippen LogP contribution >= 0.6 is 11.3 Å². The normalized spacial score (nSPS) is 12.7. The van der Waals surface area contributed by atoms with Crippen molar-refractivity contribution in [3.8, 4) is 0 Å². The fourth-order valence-electron chi connectivity index (χ4n) is 2.39. The van der Waals surface area contributed by atoms with Crippen LogP contribution in [0.3, 0.4) is 0 Å². The summed E-state index contributed by atoms with van der Waals surface area (Å²) < 4.78 is 28.0. The van der Waals surface area contributed by atoms with Crippen molar-refractivity contribution >= 4 is 21.6 Å². The first kappa shape index (κ1) is 14.1. The first-order valence-corrected chi connectivity index (χ1v) is 7.58. The molecule has 108 valence electrons. The molecule has 5 heteroatoms. The average molecular weight is 304 g/mol. The van der Waals surface area contributed by atoms with Crippen molar-refractivity contribution in [3.05, 3.63) is 64.7 Å². The van der Waals surface area contributed by atoms with Crippen LogP contribution in [0.4, 0.5) is 8.78 Å². The molecular weight excluding hydrogens is 290 g/mol. The minimum absolute atomic E-state index is 0.279. The highest BCUT2D eigenvalue weighted by atomic mass is 32.1. The molecule has 2 heterocycles. The average Bonchev–Trinajstić information content (AvgIpc) is 2.91. The molecule has 0 saturated carbocycles. The van der Waals surface area contributed by atoms with E-state index in [4.69, 9.17) is 0 Å². The second-order valence-electron chi connectivity index (χ2n) is 4.77. The van der Waals surface area contributed by atoms with Crippen molar-refractivity contribution in [2.24, 2.45) is 0 Å². The summed E-state index contributed by atoms with van der Waals surface area (Å²) in [5, 5.41) is 5.24. The molecule has 0 saturated heterocycles. The highest BCUT2D eigenvalue weighted by Crippen LogP contribution is 2.27. The van der Waals surface area contributed by atoms with Crippen LogP contribution in [0, 0.1) is 11.6 Å². The first-order valence-electron chi connectivity index (χ1n) is 6.70. The molecular formula is C16H14F2N2S. The molecule has 0 aliphatic carbocycles. The van der Waals surface area contributed by atoms with E-state index in [-0.39, 0.29) is 6.04 Å². The summed E-state index contributed by atoms with van der Waals surface area (Å²) in [6.07, 6.45) is 1.76. The van der Waals surface area contributed by atoms with Crippen molar-refractivity contribution in [2.75, 3.05) is 6.54 Å². The zero-order valence-electron chi connectivity index (χ0n) is 11.4. The van der Waals surface area contributed by atoms with Crippen LogP contribution in [0.1, 0.15) is 24.1 Å². The Hall–Kier alpha value is -1.85. The summed E-state index contributed by atoms with van der Waals surface area (Å²) in [5.41, 5.74) is 2.40. The summed E-state index contributed by atoms with van der Waals surface area (Å²) in [6, 6.07) is 7.29. The Morgan fingerprint density at radius 2 is 1.90 bits per heavy atom. The van der Waals surface area contributed by atoms with Crippen LogP contribution in [0.2, 0.25) is 0 Å². The molecule has 3 rings (SSSR count). The number of nitrogens with zero attached hydrogens (tertiary/aromatic N) is 1.